The number of nitrogens with one attached hydrogen (secondary N) is 2. The van der Waals surface area contributed by atoms with Gasteiger partial charge in [-0.1, -0.05) is 18.2 Å². The van der Waals surface area contributed by atoms with Crippen LogP contribution in [0.25, 0.3) is 10.9 Å². The van der Waals surface area contributed by atoms with Crippen molar-refractivity contribution in [2.45, 2.75) is 25.8 Å². The van der Waals surface area contributed by atoms with Crippen molar-refractivity contribution in [2.75, 3.05) is 20.8 Å². The van der Waals surface area contributed by atoms with Crippen LogP contribution in [0.15, 0.2) is 48.7 Å². The van der Waals surface area contributed by atoms with Crippen molar-refractivity contribution in [3.8, 4) is 11.5 Å². The number of fused-ring (bicyclic) bond motifs is 1. The van der Waals surface area contributed by atoms with Crippen LogP contribution in [0, 0.1) is 0 Å². The number of amides is 1. The van der Waals surface area contributed by atoms with Crippen molar-refractivity contribution in [1.29, 1.82) is 0 Å². The van der Waals surface area contributed by atoms with E-state index >= 15 is 0 Å². The number of hydrogen-bond donors (Lipinski definition) is 2. The molecule has 0 fully saturated rings. The third kappa shape index (κ3) is 5.11. The number of hydrogen-bond acceptors (Lipinski definition) is 5. The van der Waals surface area contributed by atoms with Gasteiger partial charge >= 0.3 is 5.97 Å². The van der Waals surface area contributed by atoms with E-state index in [0.717, 1.165) is 22.0 Å². The highest BCUT2D eigenvalue weighted by atomic mass is 16.5. The van der Waals surface area contributed by atoms with Gasteiger partial charge in [0.2, 0.25) is 0 Å². The van der Waals surface area contributed by atoms with Crippen LogP contribution < -0.4 is 14.8 Å². The first-order valence-corrected chi connectivity index (χ1v) is 9.73. The summed E-state index contributed by atoms with van der Waals surface area (Å²) in [5, 5.41) is 3.90. The maximum Gasteiger partial charge on any atom is 0.306 e. The molecule has 158 valence electrons. The minimum atomic E-state index is -0.415. The monoisotopic (exact) mass is 410 g/mol. The number of ether oxygens (including phenoxy) is 3. The van der Waals surface area contributed by atoms with Crippen LogP contribution in [-0.4, -0.2) is 37.7 Å². The van der Waals surface area contributed by atoms with Crippen LogP contribution in [0.4, 0.5) is 0 Å². The summed E-state index contributed by atoms with van der Waals surface area (Å²) in [6.07, 6.45) is 2.64. The molecule has 2 N–H and O–H groups in total. The van der Waals surface area contributed by atoms with Crippen molar-refractivity contribution in [3.63, 3.8) is 0 Å². The fraction of sp³-hybridized carbons (Fsp3) is 0.304. The highest BCUT2D eigenvalue weighted by Gasteiger charge is 2.16. The number of H-pyrrole nitrogens is 1. The second-order valence-corrected chi connectivity index (χ2v) is 6.92. The van der Waals surface area contributed by atoms with E-state index < -0.39 is 5.97 Å². The highest BCUT2D eigenvalue weighted by Crippen LogP contribution is 2.29. The highest BCUT2D eigenvalue weighted by molar-refractivity contribution is 5.84. The molecule has 3 rings (SSSR count). The molecule has 0 saturated heterocycles. The van der Waals surface area contributed by atoms with Crippen molar-refractivity contribution < 1.29 is 23.8 Å². The van der Waals surface area contributed by atoms with Crippen LogP contribution in [0.3, 0.4) is 0 Å². The first kappa shape index (κ1) is 21.2. The zero-order valence-electron chi connectivity index (χ0n) is 17.4. The number of rotatable bonds is 9. The fourth-order valence-electron chi connectivity index (χ4n) is 3.33. The Morgan fingerprint density at radius 3 is 2.67 bits per heavy atom. The molecule has 1 heterocycles. The summed E-state index contributed by atoms with van der Waals surface area (Å²) in [7, 11) is 3.14. The van der Waals surface area contributed by atoms with Crippen LogP contribution in [-0.2, 0) is 20.7 Å². The Kier molecular flexibility index (Phi) is 6.95. The molecular formula is C23H26N2O5. The number of aromatic nitrogens is 1. The second kappa shape index (κ2) is 9.82. The number of benzene rings is 2. The molecule has 7 nitrogen and oxygen atoms in total. The van der Waals surface area contributed by atoms with E-state index in [-0.39, 0.29) is 25.0 Å². The molecule has 0 aliphatic rings. The lowest BCUT2D eigenvalue weighted by Gasteiger charge is -2.18. The van der Waals surface area contributed by atoms with Gasteiger partial charge in [0.05, 0.1) is 20.3 Å². The molecular weight excluding hydrogens is 384 g/mol. The van der Waals surface area contributed by atoms with Crippen molar-refractivity contribution in [3.05, 3.63) is 59.8 Å². The molecule has 1 aromatic heterocycles. The Balaban J connectivity index is 1.49. The average molecular weight is 410 g/mol. The Morgan fingerprint density at radius 1 is 1.10 bits per heavy atom. The summed E-state index contributed by atoms with van der Waals surface area (Å²) in [6, 6.07) is 12.9. The molecule has 1 atom stereocenters. The summed E-state index contributed by atoms with van der Waals surface area (Å²) in [4.78, 5) is 27.5. The van der Waals surface area contributed by atoms with Crippen molar-refractivity contribution >= 4 is 22.8 Å². The van der Waals surface area contributed by atoms with E-state index in [0.29, 0.717) is 17.9 Å². The lowest BCUT2D eigenvalue weighted by atomic mass is 10.1. The molecule has 0 spiro atoms. The smallest absolute Gasteiger partial charge is 0.306 e. The number of esters is 1. The number of aryl methyl sites for hydroxylation is 1. The number of methoxy groups -OCH3 is 2. The molecule has 0 aliphatic heterocycles. The molecule has 0 unspecified atom stereocenters. The van der Waals surface area contributed by atoms with Gasteiger partial charge in [0.1, 0.15) is 11.5 Å². The van der Waals surface area contributed by atoms with Gasteiger partial charge in [0, 0.05) is 29.1 Å². The van der Waals surface area contributed by atoms with Gasteiger partial charge in [-0.25, -0.2) is 0 Å². The first-order chi connectivity index (χ1) is 14.5. The van der Waals surface area contributed by atoms with Gasteiger partial charge in [-0.15, -0.1) is 0 Å². The molecule has 0 saturated carbocycles. The SMILES string of the molecule is COc1ccc(OC)c([C@H](C)NC(=O)COC(=O)CCc2c[nH]c3ccccc23)c1. The second-order valence-electron chi connectivity index (χ2n) is 6.92. The fourth-order valence-corrected chi connectivity index (χ4v) is 3.33. The number of carbonyl (C=O) groups is 2. The lowest BCUT2D eigenvalue weighted by molar-refractivity contribution is -0.148. The molecule has 0 radical (unpaired) electrons. The molecule has 7 heteroatoms. The molecule has 3 aromatic rings. The molecule has 1 amide bonds. The molecule has 30 heavy (non-hydrogen) atoms. The normalized spacial score (nSPS) is 11.7. The van der Waals surface area contributed by atoms with Crippen molar-refractivity contribution in [2.24, 2.45) is 0 Å². The third-order valence-corrected chi connectivity index (χ3v) is 4.92. The number of para-hydroxylation sites is 1. The standard InChI is InChI=1S/C23H26N2O5/c1-15(19-12-17(28-2)9-10-21(19)29-3)25-22(26)14-30-23(27)11-8-16-13-24-20-7-5-4-6-18(16)20/h4-7,9-10,12-13,15,24H,8,11,14H2,1-3H3,(H,25,26)/t15-/m0/s1. The van der Waals surface area contributed by atoms with Crippen LogP contribution in [0.2, 0.25) is 0 Å². The van der Waals surface area contributed by atoms with Gasteiger partial charge in [-0.3, -0.25) is 9.59 Å². The minimum Gasteiger partial charge on any atom is -0.497 e. The maximum atomic E-state index is 12.2. The Labute approximate surface area is 175 Å². The van der Waals surface area contributed by atoms with E-state index in [2.05, 4.69) is 10.3 Å². The van der Waals surface area contributed by atoms with E-state index in [4.69, 9.17) is 14.2 Å². The van der Waals surface area contributed by atoms with Crippen LogP contribution >= 0.6 is 0 Å². The quantitative estimate of drug-likeness (QED) is 0.527. The van der Waals surface area contributed by atoms with Crippen molar-refractivity contribution in [1.82, 2.24) is 10.3 Å². The summed E-state index contributed by atoms with van der Waals surface area (Å²) < 4.78 is 15.7. The van der Waals surface area contributed by atoms with E-state index in [1.807, 2.05) is 37.4 Å². The van der Waals surface area contributed by atoms with Gasteiger partial charge in [0.25, 0.3) is 5.91 Å². The average Bonchev–Trinajstić information content (AvgIpc) is 3.18. The Hall–Kier alpha value is -3.48. The summed E-state index contributed by atoms with van der Waals surface area (Å²) >= 11 is 0. The Morgan fingerprint density at radius 2 is 1.90 bits per heavy atom. The number of aromatic amines is 1. The predicted molar refractivity (Wildman–Crippen MR) is 114 cm³/mol. The lowest BCUT2D eigenvalue weighted by Crippen LogP contribution is -2.31. The molecule has 2 aromatic carbocycles. The predicted octanol–water partition coefficient (Wildman–Crippen LogP) is 3.54. The van der Waals surface area contributed by atoms with Crippen LogP contribution in [0.1, 0.15) is 30.5 Å². The number of carbonyl (C=O) groups excluding carboxylic acids is 2. The first-order valence-electron chi connectivity index (χ1n) is 9.73. The summed E-state index contributed by atoms with van der Waals surface area (Å²) in [5.41, 5.74) is 2.85. The van der Waals surface area contributed by atoms with Gasteiger partial charge in [-0.05, 0) is 43.2 Å². The zero-order valence-corrected chi connectivity index (χ0v) is 17.4. The van der Waals surface area contributed by atoms with Crippen LogP contribution in [0.5, 0.6) is 11.5 Å². The van der Waals surface area contributed by atoms with Gasteiger partial charge in [0.15, 0.2) is 6.61 Å². The minimum absolute atomic E-state index is 0.203. The zero-order chi connectivity index (χ0) is 21.5. The largest absolute Gasteiger partial charge is 0.497 e. The van der Waals surface area contributed by atoms with Gasteiger partial charge in [-0.2, -0.15) is 0 Å². The molecule has 0 bridgehead atoms. The topological polar surface area (TPSA) is 89.7 Å². The van der Waals surface area contributed by atoms with Gasteiger partial charge < -0.3 is 24.5 Å². The van der Waals surface area contributed by atoms with E-state index in [9.17, 15) is 9.59 Å². The van der Waals surface area contributed by atoms with E-state index in [1.165, 1.54) is 0 Å². The maximum absolute atomic E-state index is 12.2. The van der Waals surface area contributed by atoms with E-state index in [1.54, 1.807) is 32.4 Å². The summed E-state index contributed by atoms with van der Waals surface area (Å²) in [6.45, 7) is 1.50. The summed E-state index contributed by atoms with van der Waals surface area (Å²) in [5.74, 6) is 0.504. The Bertz CT molecular complexity index is 1030. The molecule has 0 aliphatic carbocycles. The third-order valence-electron chi connectivity index (χ3n) is 4.92.